The number of nitrogens with zero attached hydrogens (tertiary/aromatic N) is 1. The van der Waals surface area contributed by atoms with Crippen molar-refractivity contribution in [3.05, 3.63) is 23.2 Å². The Labute approximate surface area is 98.3 Å². The van der Waals surface area contributed by atoms with Crippen LogP contribution in [0.25, 0.3) is 0 Å². The fourth-order valence-corrected chi connectivity index (χ4v) is 1.89. The van der Waals surface area contributed by atoms with Crippen LogP contribution >= 0.6 is 11.6 Å². The molecule has 1 aliphatic rings. The van der Waals surface area contributed by atoms with E-state index in [1.54, 1.807) is 18.2 Å². The van der Waals surface area contributed by atoms with Gasteiger partial charge in [-0.05, 0) is 18.6 Å². The Morgan fingerprint density at radius 1 is 1.56 bits per heavy atom. The van der Waals surface area contributed by atoms with Crippen molar-refractivity contribution < 1.29 is 14.7 Å². The highest BCUT2D eigenvalue weighted by molar-refractivity contribution is 6.32. The minimum absolute atomic E-state index is 0.296. The summed E-state index contributed by atoms with van der Waals surface area (Å²) >= 11 is 5.95. The summed E-state index contributed by atoms with van der Waals surface area (Å²) in [4.78, 5) is 11.7. The SMILES string of the molecule is CCC[C@@H]1Oc2c(Cl)cccc2N(O)C1=O. The largest absolute Gasteiger partial charge is 0.477 e. The van der Waals surface area contributed by atoms with Crippen molar-refractivity contribution in [1.82, 2.24) is 0 Å². The second-order valence-corrected chi connectivity index (χ2v) is 4.04. The van der Waals surface area contributed by atoms with Crippen LogP contribution in [0.4, 0.5) is 5.69 Å². The number of carbonyl (C=O) groups excluding carboxylic acids is 1. The van der Waals surface area contributed by atoms with Crippen LogP contribution in [0.5, 0.6) is 5.75 Å². The van der Waals surface area contributed by atoms with Crippen LogP contribution in [-0.4, -0.2) is 17.2 Å². The zero-order chi connectivity index (χ0) is 11.7. The molecule has 0 saturated heterocycles. The van der Waals surface area contributed by atoms with Crippen molar-refractivity contribution in [2.45, 2.75) is 25.9 Å². The average molecular weight is 242 g/mol. The summed E-state index contributed by atoms with van der Waals surface area (Å²) in [6.07, 6.45) is 0.701. The first-order valence-corrected chi connectivity index (χ1v) is 5.51. The zero-order valence-corrected chi connectivity index (χ0v) is 9.57. The molecule has 0 spiro atoms. The lowest BCUT2D eigenvalue weighted by molar-refractivity contribution is -0.132. The summed E-state index contributed by atoms with van der Waals surface area (Å²) in [5.41, 5.74) is 0.296. The van der Waals surface area contributed by atoms with E-state index in [1.165, 1.54) is 0 Å². The van der Waals surface area contributed by atoms with Gasteiger partial charge < -0.3 is 4.74 Å². The lowest BCUT2D eigenvalue weighted by atomic mass is 10.1. The van der Waals surface area contributed by atoms with Gasteiger partial charge in [-0.15, -0.1) is 0 Å². The number of anilines is 1. The summed E-state index contributed by atoms with van der Waals surface area (Å²) < 4.78 is 5.50. The molecule has 0 saturated carbocycles. The summed E-state index contributed by atoms with van der Waals surface area (Å²) in [5, 5.41) is 10.7. The van der Waals surface area contributed by atoms with Crippen LogP contribution in [0.3, 0.4) is 0 Å². The van der Waals surface area contributed by atoms with E-state index in [1.807, 2.05) is 6.92 Å². The Morgan fingerprint density at radius 3 is 3.00 bits per heavy atom. The predicted molar refractivity (Wildman–Crippen MR) is 60.0 cm³/mol. The molecule has 5 heteroatoms. The Balaban J connectivity index is 2.40. The first-order valence-electron chi connectivity index (χ1n) is 5.13. The molecule has 4 nitrogen and oxygen atoms in total. The monoisotopic (exact) mass is 241 g/mol. The standard InChI is InChI=1S/C11H12ClNO3/c1-2-4-9-11(14)13(15)8-6-3-5-7(12)10(8)16-9/h3,5-6,9,15H,2,4H2,1H3/t9-/m0/s1. The van der Waals surface area contributed by atoms with Crippen LogP contribution in [0.2, 0.25) is 5.02 Å². The third-order valence-electron chi connectivity index (χ3n) is 2.47. The molecule has 0 aromatic heterocycles. The number of ether oxygens (including phenoxy) is 1. The molecule has 1 atom stereocenters. The Kier molecular flexibility index (Phi) is 3.03. The van der Waals surface area contributed by atoms with Crippen molar-refractivity contribution in [2.24, 2.45) is 0 Å². The molecule has 0 radical (unpaired) electrons. The number of halogens is 1. The van der Waals surface area contributed by atoms with Gasteiger partial charge in [0.15, 0.2) is 11.9 Å². The molecule has 1 N–H and O–H groups in total. The van der Waals surface area contributed by atoms with Crippen molar-refractivity contribution in [2.75, 3.05) is 5.06 Å². The van der Waals surface area contributed by atoms with E-state index < -0.39 is 12.0 Å². The molecule has 1 aromatic rings. The molecule has 0 fully saturated rings. The van der Waals surface area contributed by atoms with Gasteiger partial charge in [-0.1, -0.05) is 31.0 Å². The van der Waals surface area contributed by atoms with Gasteiger partial charge in [-0.2, -0.15) is 5.06 Å². The fourth-order valence-electron chi connectivity index (χ4n) is 1.67. The van der Waals surface area contributed by atoms with E-state index in [0.29, 0.717) is 27.9 Å². The van der Waals surface area contributed by atoms with Crippen LogP contribution in [0.1, 0.15) is 19.8 Å². The van der Waals surface area contributed by atoms with Crippen molar-refractivity contribution in [3.63, 3.8) is 0 Å². The molecule has 0 bridgehead atoms. The molecule has 86 valence electrons. The molecule has 16 heavy (non-hydrogen) atoms. The summed E-state index contributed by atoms with van der Waals surface area (Å²) in [5.74, 6) is -0.0821. The molecule has 0 unspecified atom stereocenters. The molecule has 0 aliphatic carbocycles. The number of rotatable bonds is 2. The van der Waals surface area contributed by atoms with Crippen LogP contribution in [0.15, 0.2) is 18.2 Å². The number of benzene rings is 1. The zero-order valence-electron chi connectivity index (χ0n) is 8.81. The highest BCUT2D eigenvalue weighted by Crippen LogP contribution is 2.39. The highest BCUT2D eigenvalue weighted by Gasteiger charge is 2.34. The Morgan fingerprint density at radius 2 is 2.31 bits per heavy atom. The van der Waals surface area contributed by atoms with Crippen molar-refractivity contribution in [1.29, 1.82) is 0 Å². The number of hydrogen-bond donors (Lipinski definition) is 1. The minimum Gasteiger partial charge on any atom is -0.477 e. The number of amides is 1. The molecule has 1 amide bonds. The van der Waals surface area contributed by atoms with Gasteiger partial charge in [0, 0.05) is 0 Å². The van der Waals surface area contributed by atoms with Gasteiger partial charge in [-0.3, -0.25) is 10.0 Å². The molecule has 2 rings (SSSR count). The quantitative estimate of drug-likeness (QED) is 0.810. The lowest BCUT2D eigenvalue weighted by Crippen LogP contribution is -2.44. The van der Waals surface area contributed by atoms with Crippen molar-refractivity contribution in [3.8, 4) is 5.75 Å². The molecule has 1 aliphatic heterocycles. The van der Waals surface area contributed by atoms with Crippen molar-refractivity contribution >= 4 is 23.2 Å². The number of hydrogen-bond acceptors (Lipinski definition) is 3. The maximum absolute atomic E-state index is 11.7. The minimum atomic E-state index is -0.651. The van der Waals surface area contributed by atoms with Gasteiger partial charge in [0.2, 0.25) is 0 Å². The third-order valence-corrected chi connectivity index (χ3v) is 2.77. The van der Waals surface area contributed by atoms with Gasteiger partial charge >= 0.3 is 0 Å². The van der Waals surface area contributed by atoms with Crippen LogP contribution in [-0.2, 0) is 4.79 Å². The Hall–Kier alpha value is -1.26. The summed E-state index contributed by atoms with van der Waals surface area (Å²) in [6, 6.07) is 4.90. The number of para-hydroxylation sites is 1. The van der Waals surface area contributed by atoms with E-state index in [2.05, 4.69) is 0 Å². The van der Waals surface area contributed by atoms with Gasteiger partial charge in [0.25, 0.3) is 5.91 Å². The van der Waals surface area contributed by atoms with Gasteiger partial charge in [0.1, 0.15) is 5.69 Å². The van der Waals surface area contributed by atoms with Gasteiger partial charge in [-0.25, -0.2) is 0 Å². The summed E-state index contributed by atoms with van der Waals surface area (Å²) in [7, 11) is 0. The van der Waals surface area contributed by atoms with E-state index in [9.17, 15) is 10.0 Å². The number of carbonyl (C=O) groups is 1. The number of fused-ring (bicyclic) bond motifs is 1. The lowest BCUT2D eigenvalue weighted by Gasteiger charge is -2.30. The smallest absolute Gasteiger partial charge is 0.291 e. The first-order chi connectivity index (χ1) is 7.65. The van der Waals surface area contributed by atoms with Crippen LogP contribution in [0, 0.1) is 0 Å². The van der Waals surface area contributed by atoms with E-state index in [4.69, 9.17) is 16.3 Å². The first kappa shape index (κ1) is 11.2. The van der Waals surface area contributed by atoms with Crippen LogP contribution < -0.4 is 9.80 Å². The maximum atomic E-state index is 11.7. The Bertz CT molecular complexity index is 422. The average Bonchev–Trinajstić information content (AvgIpc) is 2.27. The topological polar surface area (TPSA) is 49.8 Å². The molecular formula is C11H12ClNO3. The highest BCUT2D eigenvalue weighted by atomic mass is 35.5. The molecule has 1 heterocycles. The normalized spacial score (nSPS) is 19.3. The third kappa shape index (κ3) is 1.74. The fraction of sp³-hybridized carbons (Fsp3) is 0.364. The second-order valence-electron chi connectivity index (χ2n) is 3.63. The van der Waals surface area contributed by atoms with E-state index in [0.717, 1.165) is 6.42 Å². The number of hydroxylamine groups is 1. The molecule has 1 aromatic carbocycles. The van der Waals surface area contributed by atoms with E-state index in [-0.39, 0.29) is 0 Å². The molecular weight excluding hydrogens is 230 g/mol. The van der Waals surface area contributed by atoms with E-state index >= 15 is 0 Å². The maximum Gasteiger partial charge on any atom is 0.291 e. The van der Waals surface area contributed by atoms with Gasteiger partial charge in [0.05, 0.1) is 5.02 Å². The predicted octanol–water partition coefficient (Wildman–Crippen LogP) is 2.62. The second kappa shape index (κ2) is 4.31. The summed E-state index contributed by atoms with van der Waals surface area (Å²) in [6.45, 7) is 1.94.